The zero-order chi connectivity index (χ0) is 14.5. The molecule has 0 amide bonds. The number of likely N-dealkylation sites (tertiary alicyclic amines) is 1. The van der Waals surface area contributed by atoms with Gasteiger partial charge in [-0.1, -0.05) is 6.42 Å². The number of carboxylic acids is 1. The summed E-state index contributed by atoms with van der Waals surface area (Å²) in [5.74, 6) is -0.682. The van der Waals surface area contributed by atoms with Gasteiger partial charge in [-0.15, -0.1) is 0 Å². The van der Waals surface area contributed by atoms with Crippen molar-refractivity contribution in [3.05, 3.63) is 0 Å². The lowest BCUT2D eigenvalue weighted by Crippen LogP contribution is -2.45. The van der Waals surface area contributed by atoms with E-state index < -0.39 is 11.4 Å². The summed E-state index contributed by atoms with van der Waals surface area (Å²) in [4.78, 5) is 15.9. The Morgan fingerprint density at radius 3 is 2.63 bits per heavy atom. The quantitative estimate of drug-likeness (QED) is 0.721. The number of unbranched alkanes of at least 4 members (excludes halogenated alkanes) is 1. The Balaban J connectivity index is 2.21. The second-order valence-electron chi connectivity index (χ2n) is 6.71. The van der Waals surface area contributed by atoms with E-state index in [-0.39, 0.29) is 0 Å². The molecule has 0 aromatic rings. The van der Waals surface area contributed by atoms with Crippen LogP contribution in [0.25, 0.3) is 0 Å². The summed E-state index contributed by atoms with van der Waals surface area (Å²) in [6.07, 6.45) is 5.46. The number of likely N-dealkylation sites (N-methyl/N-ethyl adjacent to an activating group) is 1. The first-order chi connectivity index (χ1) is 8.83. The molecule has 19 heavy (non-hydrogen) atoms. The van der Waals surface area contributed by atoms with Gasteiger partial charge in [-0.25, -0.2) is 0 Å². The van der Waals surface area contributed by atoms with Crippen molar-refractivity contribution >= 4 is 5.97 Å². The first-order valence-corrected chi connectivity index (χ1v) is 7.45. The molecule has 1 atom stereocenters. The second kappa shape index (κ2) is 7.25. The van der Waals surface area contributed by atoms with E-state index in [0.717, 1.165) is 32.4 Å². The van der Waals surface area contributed by atoms with Crippen LogP contribution in [-0.4, -0.2) is 60.6 Å². The van der Waals surface area contributed by atoms with E-state index in [0.29, 0.717) is 6.04 Å². The van der Waals surface area contributed by atoms with Crippen LogP contribution in [0.5, 0.6) is 0 Å². The minimum Gasteiger partial charge on any atom is -0.481 e. The Morgan fingerprint density at radius 1 is 1.37 bits per heavy atom. The number of aliphatic carboxylic acids is 1. The monoisotopic (exact) mass is 270 g/mol. The molecule has 1 heterocycles. The van der Waals surface area contributed by atoms with Crippen molar-refractivity contribution in [3.8, 4) is 0 Å². The molecule has 0 saturated carbocycles. The summed E-state index contributed by atoms with van der Waals surface area (Å²) in [5, 5.41) is 9.07. The molecule has 0 aromatic carbocycles. The Bertz CT molecular complexity index is 290. The van der Waals surface area contributed by atoms with Crippen LogP contribution in [0.1, 0.15) is 46.0 Å². The third kappa shape index (κ3) is 5.49. The molecule has 4 heteroatoms. The Kier molecular flexibility index (Phi) is 6.27. The molecule has 4 nitrogen and oxygen atoms in total. The maximum absolute atomic E-state index is 11.0. The largest absolute Gasteiger partial charge is 0.481 e. The number of nitrogens with zero attached hydrogens (tertiary/aromatic N) is 2. The fraction of sp³-hybridized carbons (Fsp3) is 0.933. The lowest BCUT2D eigenvalue weighted by Gasteiger charge is -2.36. The van der Waals surface area contributed by atoms with Gasteiger partial charge in [-0.05, 0) is 66.7 Å². The van der Waals surface area contributed by atoms with Gasteiger partial charge >= 0.3 is 5.97 Å². The van der Waals surface area contributed by atoms with Gasteiger partial charge in [0.25, 0.3) is 0 Å². The standard InChI is InChI=1S/C15H30N2O2/c1-15(2,14(18)19)9-5-6-10-17-11-7-8-13(12-17)16(3)4/h13H,5-12H2,1-4H3,(H,18,19). The van der Waals surface area contributed by atoms with Crippen LogP contribution in [-0.2, 0) is 4.79 Å². The minimum absolute atomic E-state index is 0.575. The summed E-state index contributed by atoms with van der Waals surface area (Å²) in [6, 6.07) is 0.684. The zero-order valence-electron chi connectivity index (χ0n) is 13.0. The van der Waals surface area contributed by atoms with Crippen LogP contribution in [0.4, 0.5) is 0 Å². The highest BCUT2D eigenvalue weighted by Crippen LogP contribution is 2.23. The van der Waals surface area contributed by atoms with Gasteiger partial charge in [-0.2, -0.15) is 0 Å². The minimum atomic E-state index is -0.682. The average molecular weight is 270 g/mol. The maximum atomic E-state index is 11.0. The van der Waals surface area contributed by atoms with Gasteiger partial charge in [0.15, 0.2) is 0 Å². The van der Waals surface area contributed by atoms with Gasteiger partial charge in [0, 0.05) is 12.6 Å². The first-order valence-electron chi connectivity index (χ1n) is 7.45. The molecule has 1 rings (SSSR count). The van der Waals surface area contributed by atoms with Crippen molar-refractivity contribution < 1.29 is 9.90 Å². The fourth-order valence-corrected chi connectivity index (χ4v) is 2.67. The number of carboxylic acid groups (broad SMARTS) is 1. The molecule has 112 valence electrons. The average Bonchev–Trinajstić information content (AvgIpc) is 2.35. The summed E-state index contributed by atoms with van der Waals surface area (Å²) in [7, 11) is 4.31. The van der Waals surface area contributed by atoms with Gasteiger partial charge in [0.05, 0.1) is 5.41 Å². The number of rotatable bonds is 7. The van der Waals surface area contributed by atoms with Gasteiger partial charge in [0.1, 0.15) is 0 Å². The van der Waals surface area contributed by atoms with Crippen LogP contribution < -0.4 is 0 Å². The number of hydrogen-bond donors (Lipinski definition) is 1. The van der Waals surface area contributed by atoms with Crippen molar-refractivity contribution in [2.75, 3.05) is 33.7 Å². The molecule has 0 bridgehead atoms. The highest BCUT2D eigenvalue weighted by Gasteiger charge is 2.26. The summed E-state index contributed by atoms with van der Waals surface area (Å²) >= 11 is 0. The molecule has 0 aromatic heterocycles. The summed E-state index contributed by atoms with van der Waals surface area (Å²) < 4.78 is 0. The van der Waals surface area contributed by atoms with E-state index in [1.165, 1.54) is 19.4 Å². The SMILES string of the molecule is CN(C)C1CCCN(CCCCC(C)(C)C(=O)O)C1. The van der Waals surface area contributed by atoms with Crippen LogP contribution in [0.15, 0.2) is 0 Å². The lowest BCUT2D eigenvalue weighted by atomic mass is 9.87. The zero-order valence-corrected chi connectivity index (χ0v) is 13.0. The van der Waals surface area contributed by atoms with Crippen molar-refractivity contribution in [2.45, 2.75) is 52.0 Å². The van der Waals surface area contributed by atoms with E-state index in [1.54, 1.807) is 0 Å². The summed E-state index contributed by atoms with van der Waals surface area (Å²) in [5.41, 5.74) is -0.575. The van der Waals surface area contributed by atoms with E-state index in [2.05, 4.69) is 23.9 Å². The van der Waals surface area contributed by atoms with Crippen LogP contribution in [0, 0.1) is 5.41 Å². The predicted molar refractivity (Wildman–Crippen MR) is 78.4 cm³/mol. The number of piperidine rings is 1. The number of carbonyl (C=O) groups is 1. The molecule has 0 spiro atoms. The van der Waals surface area contributed by atoms with E-state index in [1.807, 2.05) is 13.8 Å². The number of hydrogen-bond acceptors (Lipinski definition) is 3. The highest BCUT2D eigenvalue weighted by molar-refractivity contribution is 5.73. The second-order valence-corrected chi connectivity index (χ2v) is 6.71. The molecule has 0 aliphatic carbocycles. The third-order valence-electron chi connectivity index (χ3n) is 4.32. The topological polar surface area (TPSA) is 43.8 Å². The van der Waals surface area contributed by atoms with Crippen LogP contribution in [0.3, 0.4) is 0 Å². The molecule has 1 unspecified atom stereocenters. The molecule has 0 radical (unpaired) electrons. The molecule has 1 aliphatic heterocycles. The Hall–Kier alpha value is -0.610. The van der Waals surface area contributed by atoms with Gasteiger partial charge in [-0.3, -0.25) is 4.79 Å². The van der Waals surface area contributed by atoms with Crippen molar-refractivity contribution in [1.82, 2.24) is 9.80 Å². The Morgan fingerprint density at radius 2 is 2.05 bits per heavy atom. The molecule has 1 aliphatic rings. The molecular weight excluding hydrogens is 240 g/mol. The van der Waals surface area contributed by atoms with Crippen LogP contribution in [0.2, 0.25) is 0 Å². The van der Waals surface area contributed by atoms with E-state index >= 15 is 0 Å². The Labute approximate surface area is 117 Å². The molecular formula is C15H30N2O2. The third-order valence-corrected chi connectivity index (χ3v) is 4.32. The van der Waals surface area contributed by atoms with Crippen molar-refractivity contribution in [2.24, 2.45) is 5.41 Å². The smallest absolute Gasteiger partial charge is 0.309 e. The van der Waals surface area contributed by atoms with Gasteiger partial charge in [0.2, 0.25) is 0 Å². The van der Waals surface area contributed by atoms with Crippen molar-refractivity contribution in [3.63, 3.8) is 0 Å². The molecule has 1 saturated heterocycles. The van der Waals surface area contributed by atoms with E-state index in [9.17, 15) is 4.79 Å². The predicted octanol–water partition coefficient (Wildman–Crippen LogP) is 2.29. The first kappa shape index (κ1) is 16.4. The normalized spacial score (nSPS) is 21.8. The lowest BCUT2D eigenvalue weighted by molar-refractivity contribution is -0.147. The highest BCUT2D eigenvalue weighted by atomic mass is 16.4. The van der Waals surface area contributed by atoms with E-state index in [4.69, 9.17) is 5.11 Å². The van der Waals surface area contributed by atoms with Crippen molar-refractivity contribution in [1.29, 1.82) is 0 Å². The molecule has 1 N–H and O–H groups in total. The van der Waals surface area contributed by atoms with Crippen LogP contribution >= 0.6 is 0 Å². The summed E-state index contributed by atoms with van der Waals surface area (Å²) in [6.45, 7) is 7.11. The molecule has 1 fully saturated rings. The maximum Gasteiger partial charge on any atom is 0.309 e. The van der Waals surface area contributed by atoms with Gasteiger partial charge < -0.3 is 14.9 Å². The fourth-order valence-electron chi connectivity index (χ4n) is 2.67.